The van der Waals surface area contributed by atoms with Crippen molar-refractivity contribution in [3.05, 3.63) is 0 Å². The van der Waals surface area contributed by atoms with Gasteiger partial charge in [-0.25, -0.2) is 0 Å². The van der Waals surface area contributed by atoms with Gasteiger partial charge in [0.1, 0.15) is 0 Å². The molecule has 0 saturated heterocycles. The number of rotatable bonds is 3. The summed E-state index contributed by atoms with van der Waals surface area (Å²) in [5.41, 5.74) is 14.7. The normalized spacial score (nSPS) is 6.91. The van der Waals surface area contributed by atoms with Crippen molar-refractivity contribution in [1.29, 1.82) is 0 Å². The molecular formula is C4H12Cl2N4O. The summed E-state index contributed by atoms with van der Waals surface area (Å²) in [6.07, 6.45) is 0.192. The number of carbonyl (C=O) groups excluding carboxylic acids is 1. The molecule has 0 aromatic heterocycles. The van der Waals surface area contributed by atoms with E-state index in [2.05, 4.69) is 4.99 Å². The van der Waals surface area contributed by atoms with Crippen LogP contribution in [-0.2, 0) is 4.79 Å². The second-order valence-electron chi connectivity index (χ2n) is 1.52. The third-order valence-electron chi connectivity index (χ3n) is 0.653. The van der Waals surface area contributed by atoms with E-state index in [1.807, 2.05) is 0 Å². The van der Waals surface area contributed by atoms with Crippen molar-refractivity contribution in [3.8, 4) is 0 Å². The van der Waals surface area contributed by atoms with Crippen molar-refractivity contribution < 1.29 is 4.79 Å². The van der Waals surface area contributed by atoms with E-state index in [4.69, 9.17) is 17.2 Å². The molecule has 0 unspecified atom stereocenters. The highest BCUT2D eigenvalue weighted by molar-refractivity contribution is 5.85. The smallest absolute Gasteiger partial charge is 0.219 e. The van der Waals surface area contributed by atoms with Gasteiger partial charge >= 0.3 is 0 Å². The van der Waals surface area contributed by atoms with E-state index < -0.39 is 5.91 Å². The zero-order valence-corrected chi connectivity index (χ0v) is 7.45. The molecule has 0 aliphatic heterocycles. The summed E-state index contributed by atoms with van der Waals surface area (Å²) < 4.78 is 0. The van der Waals surface area contributed by atoms with Gasteiger partial charge in [0.15, 0.2) is 5.96 Å². The maximum atomic E-state index is 10.1. The van der Waals surface area contributed by atoms with Crippen LogP contribution in [0.4, 0.5) is 0 Å². The monoisotopic (exact) mass is 202 g/mol. The number of carbonyl (C=O) groups is 1. The lowest BCUT2D eigenvalue weighted by Crippen LogP contribution is -2.23. The molecule has 68 valence electrons. The zero-order chi connectivity index (χ0) is 7.28. The lowest BCUT2D eigenvalue weighted by atomic mass is 10.4. The van der Waals surface area contributed by atoms with E-state index in [9.17, 15) is 4.79 Å². The predicted molar refractivity (Wildman–Crippen MR) is 49.0 cm³/mol. The highest BCUT2D eigenvalue weighted by atomic mass is 35.5. The SMILES string of the molecule is Cl.Cl.NC(=O)CCN=C(N)N. The van der Waals surface area contributed by atoms with Gasteiger partial charge in [-0.3, -0.25) is 9.79 Å². The summed E-state index contributed by atoms with van der Waals surface area (Å²) in [6.45, 7) is 0.275. The lowest BCUT2D eigenvalue weighted by molar-refractivity contribution is -0.117. The third-order valence-corrected chi connectivity index (χ3v) is 0.653. The Kier molecular flexibility index (Phi) is 14.2. The number of aliphatic imine (C=N–C) groups is 1. The fourth-order valence-corrected chi connectivity index (χ4v) is 0.295. The Morgan fingerprint density at radius 2 is 1.64 bits per heavy atom. The van der Waals surface area contributed by atoms with E-state index in [0.717, 1.165) is 0 Å². The van der Waals surface area contributed by atoms with Gasteiger partial charge in [0.05, 0.1) is 6.54 Å². The fraction of sp³-hybridized carbons (Fsp3) is 0.500. The van der Waals surface area contributed by atoms with Crippen LogP contribution in [0.25, 0.3) is 0 Å². The molecule has 0 aromatic carbocycles. The van der Waals surface area contributed by atoms with Gasteiger partial charge in [0, 0.05) is 6.42 Å². The minimum absolute atomic E-state index is 0. The minimum atomic E-state index is -0.403. The summed E-state index contributed by atoms with van der Waals surface area (Å²) in [4.78, 5) is 13.6. The Bertz CT molecular complexity index is 134. The molecule has 0 aliphatic rings. The molecule has 6 N–H and O–H groups in total. The van der Waals surface area contributed by atoms with Crippen molar-refractivity contribution in [3.63, 3.8) is 0 Å². The van der Waals surface area contributed by atoms with E-state index >= 15 is 0 Å². The molecule has 0 rings (SSSR count). The Morgan fingerprint density at radius 3 is 1.91 bits per heavy atom. The second-order valence-corrected chi connectivity index (χ2v) is 1.52. The predicted octanol–water partition coefficient (Wildman–Crippen LogP) is -1.02. The Hall–Kier alpha value is -0.680. The molecule has 1 amide bonds. The minimum Gasteiger partial charge on any atom is -0.370 e. The van der Waals surface area contributed by atoms with Gasteiger partial charge in [0.25, 0.3) is 0 Å². The molecule has 0 spiro atoms. The summed E-state index contributed by atoms with van der Waals surface area (Å²) >= 11 is 0. The van der Waals surface area contributed by atoms with Crippen molar-refractivity contribution >= 4 is 36.7 Å². The standard InChI is InChI=1S/C4H10N4O.2ClH/c5-3(9)1-2-8-4(6)7;;/h1-2H2,(H2,5,9)(H4,6,7,8);2*1H. The van der Waals surface area contributed by atoms with E-state index in [1.165, 1.54) is 0 Å². The van der Waals surface area contributed by atoms with Crippen LogP contribution in [0.15, 0.2) is 4.99 Å². The number of nitrogens with two attached hydrogens (primary N) is 3. The topological polar surface area (TPSA) is 107 Å². The quantitative estimate of drug-likeness (QED) is 0.403. The largest absolute Gasteiger partial charge is 0.370 e. The van der Waals surface area contributed by atoms with E-state index in [1.54, 1.807) is 0 Å². The van der Waals surface area contributed by atoms with Crippen LogP contribution in [-0.4, -0.2) is 18.4 Å². The lowest BCUT2D eigenvalue weighted by Gasteiger charge is -1.89. The van der Waals surface area contributed by atoms with Crippen molar-refractivity contribution in [1.82, 2.24) is 0 Å². The van der Waals surface area contributed by atoms with Crippen LogP contribution < -0.4 is 17.2 Å². The molecule has 0 aromatic rings. The number of nitrogens with zero attached hydrogens (tertiary/aromatic N) is 1. The van der Waals surface area contributed by atoms with E-state index in [-0.39, 0.29) is 43.7 Å². The van der Waals surface area contributed by atoms with Crippen LogP contribution in [0.1, 0.15) is 6.42 Å². The molecule has 11 heavy (non-hydrogen) atoms. The maximum Gasteiger partial charge on any atom is 0.219 e. The molecule has 0 bridgehead atoms. The first-order valence-electron chi connectivity index (χ1n) is 2.46. The number of guanidine groups is 1. The molecule has 7 heteroatoms. The van der Waals surface area contributed by atoms with Gasteiger partial charge in [0.2, 0.25) is 5.91 Å². The molecule has 5 nitrogen and oxygen atoms in total. The molecule has 0 fully saturated rings. The van der Waals surface area contributed by atoms with Crippen LogP contribution in [0.5, 0.6) is 0 Å². The molecule has 0 heterocycles. The van der Waals surface area contributed by atoms with Crippen LogP contribution in [0.3, 0.4) is 0 Å². The van der Waals surface area contributed by atoms with E-state index in [0.29, 0.717) is 0 Å². The number of amides is 1. The summed E-state index contributed by atoms with van der Waals surface area (Å²) in [5.74, 6) is -0.420. The van der Waals surface area contributed by atoms with Gasteiger partial charge in [-0.05, 0) is 0 Å². The number of primary amides is 1. The Labute approximate surface area is 77.2 Å². The first kappa shape index (κ1) is 16.7. The summed E-state index contributed by atoms with van der Waals surface area (Å²) in [5, 5.41) is 0. The summed E-state index contributed by atoms with van der Waals surface area (Å²) in [6, 6.07) is 0. The summed E-state index contributed by atoms with van der Waals surface area (Å²) in [7, 11) is 0. The van der Waals surface area contributed by atoms with Crippen LogP contribution in [0.2, 0.25) is 0 Å². The Morgan fingerprint density at radius 1 is 1.18 bits per heavy atom. The average Bonchev–Trinajstić information content (AvgIpc) is 1.63. The van der Waals surface area contributed by atoms with Crippen LogP contribution in [0, 0.1) is 0 Å². The second kappa shape index (κ2) is 9.32. The first-order valence-corrected chi connectivity index (χ1v) is 2.46. The molecule has 0 saturated carbocycles. The molecular weight excluding hydrogens is 191 g/mol. The molecule has 0 radical (unpaired) electrons. The number of hydrogen-bond acceptors (Lipinski definition) is 2. The first-order chi connectivity index (χ1) is 4.13. The fourth-order valence-electron chi connectivity index (χ4n) is 0.295. The van der Waals surface area contributed by atoms with Gasteiger partial charge in [-0.2, -0.15) is 0 Å². The van der Waals surface area contributed by atoms with Gasteiger partial charge < -0.3 is 17.2 Å². The third kappa shape index (κ3) is 17.6. The number of hydrogen-bond donors (Lipinski definition) is 3. The van der Waals surface area contributed by atoms with Crippen molar-refractivity contribution in [2.24, 2.45) is 22.2 Å². The van der Waals surface area contributed by atoms with Gasteiger partial charge in [-0.1, -0.05) is 0 Å². The van der Waals surface area contributed by atoms with Gasteiger partial charge in [-0.15, -0.1) is 24.8 Å². The van der Waals surface area contributed by atoms with Crippen molar-refractivity contribution in [2.45, 2.75) is 6.42 Å². The zero-order valence-electron chi connectivity index (χ0n) is 5.82. The molecule has 0 atom stereocenters. The Balaban J connectivity index is -0.000000320. The molecule has 0 aliphatic carbocycles. The maximum absolute atomic E-state index is 10.1. The number of halogens is 2. The van der Waals surface area contributed by atoms with Crippen molar-refractivity contribution in [2.75, 3.05) is 6.54 Å². The average molecular weight is 203 g/mol. The highest BCUT2D eigenvalue weighted by Gasteiger charge is 1.89. The van der Waals surface area contributed by atoms with Crippen LogP contribution >= 0.6 is 24.8 Å². The highest BCUT2D eigenvalue weighted by Crippen LogP contribution is 1.76.